The number of thioether (sulfide) groups is 1. The minimum absolute atomic E-state index is 0.0117. The van der Waals surface area contributed by atoms with Crippen LogP contribution in [0.25, 0.3) is 0 Å². The number of piperidine rings is 1. The average molecular weight is 423 g/mol. The Morgan fingerprint density at radius 3 is 2.82 bits per heavy atom. The van der Waals surface area contributed by atoms with Gasteiger partial charge in [-0.3, -0.25) is 24.9 Å². The van der Waals surface area contributed by atoms with Gasteiger partial charge in [-0.15, -0.1) is 11.8 Å². The molecule has 28 heavy (non-hydrogen) atoms. The second kappa shape index (κ2) is 10.2. The Hall–Kier alpha value is -1.70. The molecule has 10 heteroatoms. The van der Waals surface area contributed by atoms with Crippen molar-refractivity contribution in [2.45, 2.75) is 24.9 Å². The van der Waals surface area contributed by atoms with Gasteiger partial charge >= 0.3 is 0 Å². The van der Waals surface area contributed by atoms with Crippen molar-refractivity contribution in [2.24, 2.45) is 0 Å². The summed E-state index contributed by atoms with van der Waals surface area (Å²) < 4.78 is 0. The highest BCUT2D eigenvalue weighted by Gasteiger charge is 2.29. The maximum Gasteiger partial charge on any atom is 0.239 e. The SMILES string of the molecule is N#CC1CSCN1C(=O)CNNC1CCN(CC(=O)c2ccc(Cl)cn2)CC1. The number of halogens is 1. The van der Waals surface area contributed by atoms with Crippen molar-refractivity contribution < 1.29 is 9.59 Å². The molecule has 1 unspecified atom stereocenters. The number of hydrogen-bond donors (Lipinski definition) is 2. The molecule has 3 rings (SSSR count). The van der Waals surface area contributed by atoms with Gasteiger partial charge in [-0.05, 0) is 25.0 Å². The summed E-state index contributed by atoms with van der Waals surface area (Å²) in [5.41, 5.74) is 6.62. The van der Waals surface area contributed by atoms with Crippen LogP contribution in [0.2, 0.25) is 5.02 Å². The number of pyridine rings is 1. The number of ketones is 1. The number of amides is 1. The third-order valence-corrected chi connectivity index (χ3v) is 6.10. The van der Waals surface area contributed by atoms with E-state index in [0.29, 0.717) is 28.9 Å². The highest BCUT2D eigenvalue weighted by atomic mass is 35.5. The molecule has 8 nitrogen and oxygen atoms in total. The molecule has 3 heterocycles. The van der Waals surface area contributed by atoms with Gasteiger partial charge in [0.05, 0.1) is 30.1 Å². The van der Waals surface area contributed by atoms with Gasteiger partial charge in [0.1, 0.15) is 11.7 Å². The van der Waals surface area contributed by atoms with Gasteiger partial charge < -0.3 is 4.90 Å². The molecule has 0 bridgehead atoms. The molecule has 2 aliphatic rings. The van der Waals surface area contributed by atoms with Gasteiger partial charge in [-0.1, -0.05) is 11.6 Å². The van der Waals surface area contributed by atoms with Crippen LogP contribution in [0.1, 0.15) is 23.3 Å². The largest absolute Gasteiger partial charge is 0.315 e. The Kier molecular flexibility index (Phi) is 7.65. The summed E-state index contributed by atoms with van der Waals surface area (Å²) in [6.45, 7) is 2.10. The van der Waals surface area contributed by atoms with E-state index in [9.17, 15) is 9.59 Å². The fourth-order valence-corrected chi connectivity index (χ4v) is 4.44. The van der Waals surface area contributed by atoms with E-state index < -0.39 is 0 Å². The van der Waals surface area contributed by atoms with Crippen molar-refractivity contribution in [3.8, 4) is 6.07 Å². The first kappa shape index (κ1) is 21.0. The zero-order valence-electron chi connectivity index (χ0n) is 15.4. The first-order chi connectivity index (χ1) is 13.6. The minimum atomic E-state index is -0.324. The van der Waals surface area contributed by atoms with E-state index in [1.807, 2.05) is 0 Å². The quantitative estimate of drug-likeness (QED) is 0.493. The molecule has 0 spiro atoms. The van der Waals surface area contributed by atoms with Crippen LogP contribution >= 0.6 is 23.4 Å². The van der Waals surface area contributed by atoms with Crippen LogP contribution in [0.5, 0.6) is 0 Å². The van der Waals surface area contributed by atoms with E-state index in [-0.39, 0.29) is 30.3 Å². The van der Waals surface area contributed by atoms with E-state index in [1.54, 1.807) is 28.8 Å². The maximum atomic E-state index is 12.3. The zero-order valence-corrected chi connectivity index (χ0v) is 17.0. The summed E-state index contributed by atoms with van der Waals surface area (Å²) in [7, 11) is 0. The number of carbonyl (C=O) groups excluding carboxylic acids is 2. The normalized spacial score (nSPS) is 20.9. The number of aromatic nitrogens is 1. The van der Waals surface area contributed by atoms with Crippen LogP contribution in [0.15, 0.2) is 18.3 Å². The van der Waals surface area contributed by atoms with Gasteiger partial charge in [0.2, 0.25) is 5.91 Å². The molecule has 1 aromatic heterocycles. The van der Waals surface area contributed by atoms with Crippen LogP contribution in [0.4, 0.5) is 0 Å². The number of nitriles is 1. The van der Waals surface area contributed by atoms with Crippen molar-refractivity contribution in [1.29, 1.82) is 5.26 Å². The molecule has 0 saturated carbocycles. The molecule has 0 aromatic carbocycles. The third-order valence-electron chi connectivity index (χ3n) is 4.87. The molecule has 0 radical (unpaired) electrons. The number of hydrazine groups is 1. The lowest BCUT2D eigenvalue weighted by molar-refractivity contribution is -0.130. The van der Waals surface area contributed by atoms with Crippen molar-refractivity contribution in [2.75, 3.05) is 37.8 Å². The average Bonchev–Trinajstić information content (AvgIpc) is 3.18. The van der Waals surface area contributed by atoms with E-state index in [4.69, 9.17) is 16.9 Å². The number of carbonyl (C=O) groups is 2. The molecular weight excluding hydrogens is 400 g/mol. The first-order valence-corrected chi connectivity index (χ1v) is 10.7. The summed E-state index contributed by atoms with van der Waals surface area (Å²) >= 11 is 7.40. The number of likely N-dealkylation sites (tertiary alicyclic amines) is 1. The molecule has 2 N–H and O–H groups in total. The number of nitrogens with zero attached hydrogens (tertiary/aromatic N) is 4. The second-order valence-corrected chi connectivity index (χ2v) is 8.28. The predicted molar refractivity (Wildman–Crippen MR) is 108 cm³/mol. The Labute approximate surface area is 173 Å². The number of hydrogen-bond acceptors (Lipinski definition) is 8. The van der Waals surface area contributed by atoms with Crippen molar-refractivity contribution in [3.63, 3.8) is 0 Å². The summed E-state index contributed by atoms with van der Waals surface area (Å²) in [6, 6.07) is 5.40. The van der Waals surface area contributed by atoms with E-state index in [1.165, 1.54) is 6.20 Å². The lowest BCUT2D eigenvalue weighted by Gasteiger charge is -2.32. The maximum absolute atomic E-state index is 12.3. The topological polar surface area (TPSA) is 101 Å². The first-order valence-electron chi connectivity index (χ1n) is 9.19. The van der Waals surface area contributed by atoms with Crippen LogP contribution < -0.4 is 10.9 Å². The Morgan fingerprint density at radius 2 is 2.14 bits per heavy atom. The van der Waals surface area contributed by atoms with E-state index >= 15 is 0 Å². The zero-order chi connectivity index (χ0) is 19.9. The Bertz CT molecular complexity index is 733. The Morgan fingerprint density at radius 1 is 1.36 bits per heavy atom. The number of Topliss-reactive ketones (excluding diaryl/α,β-unsaturated/α-hetero) is 1. The molecule has 1 amide bonds. The monoisotopic (exact) mass is 422 g/mol. The molecule has 2 fully saturated rings. The van der Waals surface area contributed by atoms with Crippen LogP contribution in [-0.4, -0.2) is 76.4 Å². The van der Waals surface area contributed by atoms with Crippen LogP contribution in [0, 0.1) is 11.3 Å². The molecule has 2 saturated heterocycles. The summed E-state index contributed by atoms with van der Waals surface area (Å²) in [4.78, 5) is 32.3. The molecule has 0 aliphatic carbocycles. The van der Waals surface area contributed by atoms with Gasteiger partial charge in [0.15, 0.2) is 5.78 Å². The van der Waals surface area contributed by atoms with Crippen LogP contribution in [0.3, 0.4) is 0 Å². The summed E-state index contributed by atoms with van der Waals surface area (Å²) in [5.74, 6) is 1.18. The van der Waals surface area contributed by atoms with Gasteiger partial charge in [-0.25, -0.2) is 5.43 Å². The second-order valence-electron chi connectivity index (χ2n) is 6.84. The van der Waals surface area contributed by atoms with Gasteiger partial charge in [0.25, 0.3) is 0 Å². The minimum Gasteiger partial charge on any atom is -0.315 e. The summed E-state index contributed by atoms with van der Waals surface area (Å²) in [5, 5.41) is 9.57. The molecule has 2 aliphatic heterocycles. The third kappa shape index (κ3) is 5.65. The van der Waals surface area contributed by atoms with Gasteiger partial charge in [0, 0.05) is 31.1 Å². The number of rotatable bonds is 7. The van der Waals surface area contributed by atoms with Crippen molar-refractivity contribution in [1.82, 2.24) is 25.6 Å². The van der Waals surface area contributed by atoms with Crippen molar-refractivity contribution in [3.05, 3.63) is 29.0 Å². The van der Waals surface area contributed by atoms with E-state index in [0.717, 1.165) is 25.9 Å². The Balaban J connectivity index is 1.34. The smallest absolute Gasteiger partial charge is 0.239 e. The summed E-state index contributed by atoms with van der Waals surface area (Å²) in [6.07, 6.45) is 3.24. The van der Waals surface area contributed by atoms with Crippen molar-refractivity contribution >= 4 is 35.1 Å². The number of nitrogens with one attached hydrogen (secondary N) is 2. The molecule has 1 atom stereocenters. The highest BCUT2D eigenvalue weighted by molar-refractivity contribution is 7.99. The highest BCUT2D eigenvalue weighted by Crippen LogP contribution is 2.20. The molecular formula is C18H23ClN6O2S. The molecule has 1 aromatic rings. The van der Waals surface area contributed by atoms with Crippen LogP contribution in [-0.2, 0) is 4.79 Å². The predicted octanol–water partition coefficient (Wildman–Crippen LogP) is 0.901. The lowest BCUT2D eigenvalue weighted by atomic mass is 10.1. The molecule has 150 valence electrons. The van der Waals surface area contributed by atoms with Gasteiger partial charge in [-0.2, -0.15) is 5.26 Å². The van der Waals surface area contributed by atoms with E-state index in [2.05, 4.69) is 26.8 Å². The fourth-order valence-electron chi connectivity index (χ4n) is 3.23. The standard InChI is InChI=1S/C18H23ClN6O2S/c19-13-1-2-16(21-8-13)17(26)10-24-5-3-14(4-6-24)23-22-9-18(27)25-12-28-11-15(25)7-20/h1-2,8,14-15,22-23H,3-6,9-12H2. The lowest BCUT2D eigenvalue weighted by Crippen LogP contribution is -2.51. The fraction of sp³-hybridized carbons (Fsp3) is 0.556.